The average molecular weight is 270 g/mol. The van der Waals surface area contributed by atoms with Crippen LogP contribution in [0, 0.1) is 0 Å². The average Bonchev–Trinajstić information content (AvgIpc) is 3.01. The van der Waals surface area contributed by atoms with Gasteiger partial charge < -0.3 is 4.57 Å². The Kier molecular flexibility index (Phi) is 3.25. The van der Waals surface area contributed by atoms with Gasteiger partial charge in [0.25, 0.3) is 0 Å². The summed E-state index contributed by atoms with van der Waals surface area (Å²) in [7, 11) is 3.92. The van der Waals surface area contributed by atoms with Crippen molar-refractivity contribution in [1.29, 1.82) is 0 Å². The van der Waals surface area contributed by atoms with Gasteiger partial charge in [-0.1, -0.05) is 12.1 Å². The molecule has 0 aliphatic carbocycles. The molecular formula is C14H18N6. The van der Waals surface area contributed by atoms with Crippen LogP contribution in [0.2, 0.25) is 0 Å². The Morgan fingerprint density at radius 2 is 2.10 bits per heavy atom. The molecule has 0 spiro atoms. The van der Waals surface area contributed by atoms with Crippen molar-refractivity contribution in [2.75, 3.05) is 0 Å². The standard InChI is InChI=1S/C14H18N6/c1-19-9-10(8-16-19)12(18-15)7-14-17-11-5-3-4-6-13(11)20(14)2/h3-6,8-9,12,18H,7,15H2,1-2H3. The molecule has 0 radical (unpaired) electrons. The second-order valence-electron chi connectivity index (χ2n) is 4.95. The number of benzene rings is 1. The number of imidazole rings is 1. The molecule has 6 nitrogen and oxygen atoms in total. The van der Waals surface area contributed by atoms with E-state index in [4.69, 9.17) is 5.84 Å². The van der Waals surface area contributed by atoms with E-state index in [1.807, 2.05) is 44.7 Å². The number of hydrazine groups is 1. The molecule has 1 atom stereocenters. The van der Waals surface area contributed by atoms with Crippen LogP contribution in [0.4, 0.5) is 0 Å². The zero-order chi connectivity index (χ0) is 14.1. The van der Waals surface area contributed by atoms with E-state index in [1.165, 1.54) is 0 Å². The molecule has 104 valence electrons. The third-order valence-electron chi connectivity index (χ3n) is 3.59. The Morgan fingerprint density at radius 1 is 1.30 bits per heavy atom. The van der Waals surface area contributed by atoms with Gasteiger partial charge in [0, 0.05) is 32.3 Å². The van der Waals surface area contributed by atoms with Crippen molar-refractivity contribution in [1.82, 2.24) is 24.8 Å². The molecule has 0 aliphatic heterocycles. The van der Waals surface area contributed by atoms with Crippen molar-refractivity contribution >= 4 is 11.0 Å². The Bertz CT molecular complexity index is 726. The molecule has 2 aromatic heterocycles. The minimum atomic E-state index is -0.000729. The van der Waals surface area contributed by atoms with Gasteiger partial charge in [0.1, 0.15) is 5.82 Å². The van der Waals surface area contributed by atoms with E-state index in [1.54, 1.807) is 4.68 Å². The lowest BCUT2D eigenvalue weighted by Gasteiger charge is -2.13. The van der Waals surface area contributed by atoms with E-state index < -0.39 is 0 Å². The first-order valence-corrected chi connectivity index (χ1v) is 6.54. The molecule has 0 aliphatic rings. The van der Waals surface area contributed by atoms with Crippen molar-refractivity contribution in [2.45, 2.75) is 12.5 Å². The number of hydrogen-bond acceptors (Lipinski definition) is 4. The fourth-order valence-corrected chi connectivity index (χ4v) is 2.45. The summed E-state index contributed by atoms with van der Waals surface area (Å²) < 4.78 is 3.88. The molecule has 1 unspecified atom stereocenters. The summed E-state index contributed by atoms with van der Waals surface area (Å²) in [6.07, 6.45) is 4.51. The van der Waals surface area contributed by atoms with E-state index in [2.05, 4.69) is 26.1 Å². The minimum absolute atomic E-state index is 0.000729. The van der Waals surface area contributed by atoms with Crippen LogP contribution in [0.5, 0.6) is 0 Å². The molecule has 1 aromatic carbocycles. The highest BCUT2D eigenvalue weighted by molar-refractivity contribution is 5.75. The summed E-state index contributed by atoms with van der Waals surface area (Å²) in [6, 6.07) is 8.11. The highest BCUT2D eigenvalue weighted by atomic mass is 15.3. The quantitative estimate of drug-likeness (QED) is 0.549. The maximum Gasteiger partial charge on any atom is 0.111 e. The van der Waals surface area contributed by atoms with Crippen molar-refractivity contribution in [2.24, 2.45) is 19.9 Å². The molecule has 0 saturated carbocycles. The number of hydrogen-bond donors (Lipinski definition) is 2. The monoisotopic (exact) mass is 270 g/mol. The van der Waals surface area contributed by atoms with E-state index >= 15 is 0 Å². The molecule has 0 fully saturated rings. The van der Waals surface area contributed by atoms with Crippen molar-refractivity contribution < 1.29 is 0 Å². The Hall–Kier alpha value is -2.18. The molecule has 2 heterocycles. The fraction of sp³-hybridized carbons (Fsp3) is 0.286. The number of nitrogens with zero attached hydrogens (tertiary/aromatic N) is 4. The third-order valence-corrected chi connectivity index (χ3v) is 3.59. The van der Waals surface area contributed by atoms with E-state index in [9.17, 15) is 0 Å². The Morgan fingerprint density at radius 3 is 2.75 bits per heavy atom. The number of aryl methyl sites for hydroxylation is 2. The van der Waals surface area contributed by atoms with Crippen molar-refractivity contribution in [3.05, 3.63) is 48.0 Å². The third kappa shape index (κ3) is 2.19. The zero-order valence-electron chi connectivity index (χ0n) is 11.6. The van der Waals surface area contributed by atoms with Gasteiger partial charge in [-0.05, 0) is 12.1 Å². The van der Waals surface area contributed by atoms with Crippen LogP contribution in [0.1, 0.15) is 17.4 Å². The molecular weight excluding hydrogens is 252 g/mol. The Balaban J connectivity index is 1.93. The van der Waals surface area contributed by atoms with Crippen LogP contribution in [-0.2, 0) is 20.5 Å². The van der Waals surface area contributed by atoms with Gasteiger partial charge in [-0.25, -0.2) is 4.98 Å². The normalized spacial score (nSPS) is 12.9. The van der Waals surface area contributed by atoms with Gasteiger partial charge in [-0.15, -0.1) is 0 Å². The fourth-order valence-electron chi connectivity index (χ4n) is 2.45. The minimum Gasteiger partial charge on any atom is -0.331 e. The predicted octanol–water partition coefficient (Wildman–Crippen LogP) is 1.05. The largest absolute Gasteiger partial charge is 0.331 e. The SMILES string of the molecule is Cn1cc(C(Cc2nc3ccccc3n2C)NN)cn1. The molecule has 0 saturated heterocycles. The summed E-state index contributed by atoms with van der Waals surface area (Å²) in [5.74, 6) is 6.68. The van der Waals surface area contributed by atoms with Crippen molar-refractivity contribution in [3.63, 3.8) is 0 Å². The molecule has 3 N–H and O–H groups in total. The second-order valence-corrected chi connectivity index (χ2v) is 4.95. The maximum absolute atomic E-state index is 5.68. The van der Waals surface area contributed by atoms with Crippen molar-refractivity contribution in [3.8, 4) is 0 Å². The van der Waals surface area contributed by atoms with E-state index in [-0.39, 0.29) is 6.04 Å². The number of nitrogens with one attached hydrogen (secondary N) is 1. The van der Waals surface area contributed by atoms with Crippen LogP contribution in [0.3, 0.4) is 0 Å². The summed E-state index contributed by atoms with van der Waals surface area (Å²) in [4.78, 5) is 4.67. The first-order chi connectivity index (χ1) is 9.69. The molecule has 0 bridgehead atoms. The number of rotatable bonds is 4. The van der Waals surface area contributed by atoms with Crippen LogP contribution in [0.25, 0.3) is 11.0 Å². The van der Waals surface area contributed by atoms with Gasteiger partial charge in [-0.3, -0.25) is 16.0 Å². The summed E-state index contributed by atoms with van der Waals surface area (Å²) >= 11 is 0. The zero-order valence-corrected chi connectivity index (χ0v) is 11.6. The summed E-state index contributed by atoms with van der Waals surface area (Å²) in [5.41, 5.74) is 6.04. The highest BCUT2D eigenvalue weighted by Crippen LogP contribution is 2.20. The first kappa shape index (κ1) is 12.8. The molecule has 20 heavy (non-hydrogen) atoms. The second kappa shape index (κ2) is 5.07. The summed E-state index contributed by atoms with van der Waals surface area (Å²) in [5, 5.41) is 4.19. The number of nitrogens with two attached hydrogens (primary N) is 1. The Labute approximate surface area is 117 Å². The van der Waals surface area contributed by atoms with Crippen LogP contribution >= 0.6 is 0 Å². The van der Waals surface area contributed by atoms with E-state index in [0.717, 1.165) is 22.4 Å². The highest BCUT2D eigenvalue weighted by Gasteiger charge is 2.16. The molecule has 0 amide bonds. The topological polar surface area (TPSA) is 73.7 Å². The van der Waals surface area contributed by atoms with Crippen LogP contribution in [0.15, 0.2) is 36.7 Å². The van der Waals surface area contributed by atoms with Gasteiger partial charge in [-0.2, -0.15) is 5.10 Å². The lowest BCUT2D eigenvalue weighted by atomic mass is 10.1. The lowest BCUT2D eigenvalue weighted by molar-refractivity contribution is 0.531. The molecule has 6 heteroatoms. The molecule has 3 rings (SSSR count). The van der Waals surface area contributed by atoms with Crippen LogP contribution < -0.4 is 11.3 Å². The maximum atomic E-state index is 5.68. The van der Waals surface area contributed by atoms with Gasteiger partial charge in [0.05, 0.1) is 23.3 Å². The van der Waals surface area contributed by atoms with Gasteiger partial charge >= 0.3 is 0 Å². The first-order valence-electron chi connectivity index (χ1n) is 6.54. The smallest absolute Gasteiger partial charge is 0.111 e. The number of aromatic nitrogens is 4. The lowest BCUT2D eigenvalue weighted by Crippen LogP contribution is -2.30. The number of fused-ring (bicyclic) bond motifs is 1. The van der Waals surface area contributed by atoms with Gasteiger partial charge in [0.15, 0.2) is 0 Å². The number of para-hydroxylation sites is 2. The van der Waals surface area contributed by atoms with Gasteiger partial charge in [0.2, 0.25) is 0 Å². The molecule has 3 aromatic rings. The summed E-state index contributed by atoms with van der Waals surface area (Å²) in [6.45, 7) is 0. The predicted molar refractivity (Wildman–Crippen MR) is 77.7 cm³/mol. The van der Waals surface area contributed by atoms with E-state index in [0.29, 0.717) is 6.42 Å². The van der Waals surface area contributed by atoms with Crippen LogP contribution in [-0.4, -0.2) is 19.3 Å².